The fourth-order valence-electron chi connectivity index (χ4n) is 3.45. The smallest absolute Gasteiger partial charge is 0.261 e. The zero-order chi connectivity index (χ0) is 19.8. The molecule has 2 unspecified atom stereocenters. The van der Waals surface area contributed by atoms with Crippen molar-refractivity contribution in [1.29, 1.82) is 0 Å². The Kier molecular flexibility index (Phi) is 5.18. The summed E-state index contributed by atoms with van der Waals surface area (Å²) in [6.45, 7) is 11.9. The summed E-state index contributed by atoms with van der Waals surface area (Å²) in [6.07, 6.45) is 0.135. The molecule has 0 aliphatic carbocycles. The highest BCUT2D eigenvalue weighted by Crippen LogP contribution is 2.40. The first kappa shape index (κ1) is 19.3. The quantitative estimate of drug-likeness (QED) is 0.844. The average Bonchev–Trinajstić information content (AvgIpc) is 2.56. The van der Waals surface area contributed by atoms with Gasteiger partial charge in [0.15, 0.2) is 6.10 Å². The molecule has 0 saturated heterocycles. The lowest BCUT2D eigenvalue weighted by Gasteiger charge is -2.38. The second kappa shape index (κ2) is 7.26. The molecule has 3 rings (SSSR count). The van der Waals surface area contributed by atoms with E-state index in [1.54, 1.807) is 6.92 Å². The Morgan fingerprint density at radius 3 is 2.56 bits per heavy atom. The van der Waals surface area contributed by atoms with E-state index in [-0.39, 0.29) is 17.6 Å². The molecule has 2 atom stereocenters. The molecule has 2 aromatic rings. The van der Waals surface area contributed by atoms with Crippen LogP contribution in [0.25, 0.3) is 0 Å². The summed E-state index contributed by atoms with van der Waals surface area (Å²) in [4.78, 5) is 12.8. The molecule has 0 bridgehead atoms. The van der Waals surface area contributed by atoms with Gasteiger partial charge in [0.1, 0.15) is 17.1 Å². The number of fused-ring (bicyclic) bond motifs is 1. The number of aryl methyl sites for hydroxylation is 3. The number of hydrogen-bond acceptors (Lipinski definition) is 3. The average molecular weight is 367 g/mol. The van der Waals surface area contributed by atoms with Crippen molar-refractivity contribution < 1.29 is 14.3 Å². The molecule has 144 valence electrons. The van der Waals surface area contributed by atoms with Gasteiger partial charge in [-0.25, -0.2) is 0 Å². The highest BCUT2D eigenvalue weighted by molar-refractivity contribution is 5.81. The van der Waals surface area contributed by atoms with Gasteiger partial charge in [0, 0.05) is 12.0 Å². The van der Waals surface area contributed by atoms with Gasteiger partial charge in [-0.2, -0.15) is 0 Å². The Labute approximate surface area is 161 Å². The Morgan fingerprint density at radius 1 is 1.15 bits per heavy atom. The van der Waals surface area contributed by atoms with E-state index in [0.29, 0.717) is 6.42 Å². The van der Waals surface area contributed by atoms with Crippen molar-refractivity contribution >= 4 is 5.91 Å². The minimum absolute atomic E-state index is 0.0958. The Balaban J connectivity index is 1.76. The summed E-state index contributed by atoms with van der Waals surface area (Å²) in [6, 6.07) is 12.0. The normalized spacial score (nSPS) is 18.8. The van der Waals surface area contributed by atoms with Crippen LogP contribution >= 0.6 is 0 Å². The van der Waals surface area contributed by atoms with E-state index in [1.165, 1.54) is 0 Å². The second-order valence-electron chi connectivity index (χ2n) is 8.20. The van der Waals surface area contributed by atoms with Crippen molar-refractivity contribution in [2.75, 3.05) is 0 Å². The number of carbonyl (C=O) groups excluding carboxylic acids is 1. The van der Waals surface area contributed by atoms with E-state index in [9.17, 15) is 4.79 Å². The van der Waals surface area contributed by atoms with Crippen LogP contribution in [0.2, 0.25) is 0 Å². The van der Waals surface area contributed by atoms with Gasteiger partial charge in [0.25, 0.3) is 5.91 Å². The van der Waals surface area contributed by atoms with E-state index in [0.717, 1.165) is 33.8 Å². The Bertz CT molecular complexity index is 857. The van der Waals surface area contributed by atoms with Crippen LogP contribution in [0.15, 0.2) is 36.4 Å². The third-order valence-electron chi connectivity index (χ3n) is 4.96. The summed E-state index contributed by atoms with van der Waals surface area (Å²) in [5, 5.41) is 3.16. The first-order chi connectivity index (χ1) is 12.6. The molecule has 0 saturated carbocycles. The molecule has 1 heterocycles. The highest BCUT2D eigenvalue weighted by atomic mass is 16.5. The SMILES string of the molecule is Cc1ccc(C)c(OC(C)C(=O)NC2CC(C)(C)Oc3cc(C)ccc32)c1. The van der Waals surface area contributed by atoms with Crippen molar-refractivity contribution in [3.63, 3.8) is 0 Å². The fourth-order valence-corrected chi connectivity index (χ4v) is 3.45. The van der Waals surface area contributed by atoms with Crippen LogP contribution in [0.3, 0.4) is 0 Å². The predicted molar refractivity (Wildman–Crippen MR) is 107 cm³/mol. The Morgan fingerprint density at radius 2 is 1.81 bits per heavy atom. The number of carbonyl (C=O) groups is 1. The molecule has 1 aliphatic rings. The van der Waals surface area contributed by atoms with Gasteiger partial charge in [-0.1, -0.05) is 24.3 Å². The van der Waals surface area contributed by atoms with E-state index < -0.39 is 6.10 Å². The maximum absolute atomic E-state index is 12.8. The molecule has 1 amide bonds. The van der Waals surface area contributed by atoms with Gasteiger partial charge in [-0.05, 0) is 70.4 Å². The lowest BCUT2D eigenvalue weighted by atomic mass is 9.89. The molecule has 0 aromatic heterocycles. The van der Waals surface area contributed by atoms with Crippen LogP contribution in [0.4, 0.5) is 0 Å². The van der Waals surface area contributed by atoms with E-state index in [4.69, 9.17) is 9.47 Å². The number of ether oxygens (including phenoxy) is 2. The maximum atomic E-state index is 12.8. The summed E-state index contributed by atoms with van der Waals surface area (Å²) in [7, 11) is 0. The van der Waals surface area contributed by atoms with Crippen LogP contribution in [0, 0.1) is 20.8 Å². The first-order valence-corrected chi connectivity index (χ1v) is 9.48. The van der Waals surface area contributed by atoms with Crippen LogP contribution in [0.5, 0.6) is 11.5 Å². The van der Waals surface area contributed by atoms with E-state index in [1.807, 2.05) is 65.0 Å². The number of hydrogen-bond donors (Lipinski definition) is 1. The van der Waals surface area contributed by atoms with E-state index in [2.05, 4.69) is 11.4 Å². The summed E-state index contributed by atoms with van der Waals surface area (Å²) in [5.74, 6) is 1.48. The second-order valence-corrected chi connectivity index (χ2v) is 8.20. The van der Waals surface area contributed by atoms with Crippen LogP contribution in [-0.4, -0.2) is 17.6 Å². The van der Waals surface area contributed by atoms with Crippen molar-refractivity contribution in [2.24, 2.45) is 0 Å². The molecule has 4 nitrogen and oxygen atoms in total. The maximum Gasteiger partial charge on any atom is 0.261 e. The van der Waals surface area contributed by atoms with Crippen LogP contribution in [0.1, 0.15) is 55.5 Å². The largest absolute Gasteiger partial charge is 0.487 e. The number of rotatable bonds is 4. The van der Waals surface area contributed by atoms with Crippen LogP contribution in [-0.2, 0) is 4.79 Å². The summed E-state index contributed by atoms with van der Waals surface area (Å²) >= 11 is 0. The lowest BCUT2D eigenvalue weighted by Crippen LogP contribution is -2.44. The van der Waals surface area contributed by atoms with E-state index >= 15 is 0 Å². The number of amides is 1. The van der Waals surface area contributed by atoms with Crippen molar-refractivity contribution in [3.8, 4) is 11.5 Å². The molecular weight excluding hydrogens is 338 g/mol. The highest BCUT2D eigenvalue weighted by Gasteiger charge is 2.35. The van der Waals surface area contributed by atoms with Crippen molar-refractivity contribution in [3.05, 3.63) is 58.7 Å². The van der Waals surface area contributed by atoms with Gasteiger partial charge in [0.2, 0.25) is 0 Å². The van der Waals surface area contributed by atoms with Crippen molar-refractivity contribution in [2.45, 2.75) is 65.7 Å². The molecular formula is C23H29NO3. The zero-order valence-corrected chi connectivity index (χ0v) is 17.1. The predicted octanol–water partition coefficient (Wildman–Crippen LogP) is 4.80. The van der Waals surface area contributed by atoms with Crippen molar-refractivity contribution in [1.82, 2.24) is 5.32 Å². The molecule has 0 radical (unpaired) electrons. The topological polar surface area (TPSA) is 47.6 Å². The first-order valence-electron chi connectivity index (χ1n) is 9.48. The Hall–Kier alpha value is -2.49. The van der Waals surface area contributed by atoms with Crippen LogP contribution < -0.4 is 14.8 Å². The molecule has 1 aliphatic heterocycles. The fraction of sp³-hybridized carbons (Fsp3) is 0.435. The molecule has 1 N–H and O–H groups in total. The van der Waals surface area contributed by atoms with Gasteiger partial charge in [-0.15, -0.1) is 0 Å². The summed E-state index contributed by atoms with van der Waals surface area (Å²) in [5.41, 5.74) is 3.96. The molecule has 27 heavy (non-hydrogen) atoms. The lowest BCUT2D eigenvalue weighted by molar-refractivity contribution is -0.128. The zero-order valence-electron chi connectivity index (χ0n) is 17.1. The number of benzene rings is 2. The third kappa shape index (κ3) is 4.44. The minimum atomic E-state index is -0.578. The standard InChI is InChI=1S/C23H29NO3/c1-14-7-9-16(3)20(11-14)26-17(4)22(25)24-19-13-23(5,6)27-21-12-15(2)8-10-18(19)21/h7-12,17,19H,13H2,1-6H3,(H,24,25). The molecule has 0 spiro atoms. The third-order valence-corrected chi connectivity index (χ3v) is 4.96. The van der Waals surface area contributed by atoms with Gasteiger partial charge in [-0.3, -0.25) is 4.79 Å². The molecule has 2 aromatic carbocycles. The van der Waals surface area contributed by atoms with Gasteiger partial charge < -0.3 is 14.8 Å². The van der Waals surface area contributed by atoms with Gasteiger partial charge >= 0.3 is 0 Å². The van der Waals surface area contributed by atoms with Gasteiger partial charge in [0.05, 0.1) is 6.04 Å². The monoisotopic (exact) mass is 367 g/mol. The minimum Gasteiger partial charge on any atom is -0.487 e. The molecule has 0 fully saturated rings. The molecule has 4 heteroatoms. The number of nitrogens with one attached hydrogen (secondary N) is 1. The summed E-state index contributed by atoms with van der Waals surface area (Å²) < 4.78 is 12.1.